The molecule has 0 aliphatic carbocycles. The van der Waals surface area contributed by atoms with Crippen molar-refractivity contribution in [2.24, 2.45) is 0 Å². The normalized spacial score (nSPS) is 10.6. The fourth-order valence-corrected chi connectivity index (χ4v) is 1.84. The summed E-state index contributed by atoms with van der Waals surface area (Å²) in [7, 11) is 0. The molecular weight excluding hydrogens is 204 g/mol. The highest BCUT2D eigenvalue weighted by atomic mass is 16.4. The third-order valence-corrected chi connectivity index (χ3v) is 2.47. The van der Waals surface area contributed by atoms with E-state index >= 15 is 0 Å². The molecule has 1 heterocycles. The van der Waals surface area contributed by atoms with E-state index < -0.39 is 5.97 Å². The van der Waals surface area contributed by atoms with Crippen molar-refractivity contribution in [3.63, 3.8) is 0 Å². The van der Waals surface area contributed by atoms with Crippen molar-refractivity contribution in [2.75, 3.05) is 0 Å². The molecule has 1 N–H and O–H groups in total. The smallest absolute Gasteiger partial charge is 0.311 e. The average Bonchev–Trinajstić information content (AvgIpc) is 2.15. The van der Waals surface area contributed by atoms with Gasteiger partial charge in [0.1, 0.15) is 12.2 Å². The Bertz CT molecular complexity index is 564. The fraction of sp³-hybridized carbons (Fsp3) is 0.250. The number of aliphatic carboxylic acids is 1. The zero-order chi connectivity index (χ0) is 11.7. The van der Waals surface area contributed by atoms with Crippen molar-refractivity contribution >= 4 is 16.9 Å². The van der Waals surface area contributed by atoms with Gasteiger partial charge >= 0.3 is 5.97 Å². The predicted molar refractivity (Wildman–Crippen MR) is 60.4 cm³/mol. The third-order valence-electron chi connectivity index (χ3n) is 2.47. The Morgan fingerprint density at radius 2 is 2.06 bits per heavy atom. The van der Waals surface area contributed by atoms with Crippen LogP contribution in [0.4, 0.5) is 0 Å². The number of carbonyl (C=O) groups is 1. The molecule has 0 spiro atoms. The Morgan fingerprint density at radius 1 is 1.31 bits per heavy atom. The second-order valence-electron chi connectivity index (χ2n) is 3.76. The van der Waals surface area contributed by atoms with E-state index in [0.29, 0.717) is 5.82 Å². The number of hydrogen-bond acceptors (Lipinski definition) is 3. The van der Waals surface area contributed by atoms with Gasteiger partial charge in [0.15, 0.2) is 0 Å². The lowest BCUT2D eigenvalue weighted by Crippen LogP contribution is -2.06. The van der Waals surface area contributed by atoms with Crippen molar-refractivity contribution < 1.29 is 9.90 Å². The van der Waals surface area contributed by atoms with Crippen LogP contribution in [0.1, 0.15) is 17.1 Å². The molecule has 0 atom stereocenters. The molecule has 0 bridgehead atoms. The van der Waals surface area contributed by atoms with Gasteiger partial charge in [0, 0.05) is 11.1 Å². The average molecular weight is 216 g/mol. The maximum Gasteiger partial charge on any atom is 0.311 e. The Balaban J connectivity index is 2.64. The molecular formula is C12H12N2O2. The summed E-state index contributed by atoms with van der Waals surface area (Å²) in [6.45, 7) is 3.87. The van der Waals surface area contributed by atoms with Gasteiger partial charge in [0.05, 0.1) is 5.52 Å². The lowest BCUT2D eigenvalue weighted by molar-refractivity contribution is -0.136. The first-order chi connectivity index (χ1) is 7.58. The van der Waals surface area contributed by atoms with Crippen molar-refractivity contribution in [3.8, 4) is 0 Å². The van der Waals surface area contributed by atoms with Crippen LogP contribution in [0.15, 0.2) is 18.2 Å². The highest BCUT2D eigenvalue weighted by Gasteiger charge is 2.08. The first-order valence-electron chi connectivity index (χ1n) is 5.02. The van der Waals surface area contributed by atoms with Gasteiger partial charge in [-0.05, 0) is 25.5 Å². The largest absolute Gasteiger partial charge is 0.481 e. The second kappa shape index (κ2) is 3.89. The lowest BCUT2D eigenvalue weighted by Gasteiger charge is -2.06. The van der Waals surface area contributed by atoms with Crippen LogP contribution in [-0.4, -0.2) is 21.0 Å². The number of aromatic nitrogens is 2. The fourth-order valence-electron chi connectivity index (χ4n) is 1.84. The van der Waals surface area contributed by atoms with Crippen molar-refractivity contribution in [1.29, 1.82) is 0 Å². The molecule has 0 saturated heterocycles. The summed E-state index contributed by atoms with van der Waals surface area (Å²) in [5.41, 5.74) is 2.75. The van der Waals surface area contributed by atoms with Crippen LogP contribution in [0.5, 0.6) is 0 Å². The molecule has 0 radical (unpaired) electrons. The Kier molecular flexibility index (Phi) is 2.56. The molecule has 2 rings (SSSR count). The Morgan fingerprint density at radius 3 is 2.75 bits per heavy atom. The van der Waals surface area contributed by atoms with E-state index in [1.807, 2.05) is 32.0 Å². The summed E-state index contributed by atoms with van der Waals surface area (Å²) >= 11 is 0. The summed E-state index contributed by atoms with van der Waals surface area (Å²) in [6, 6.07) is 5.78. The molecule has 0 aliphatic heterocycles. The Labute approximate surface area is 93.0 Å². The molecule has 0 saturated carbocycles. The maximum absolute atomic E-state index is 10.6. The first-order valence-corrected chi connectivity index (χ1v) is 5.02. The highest BCUT2D eigenvalue weighted by Crippen LogP contribution is 2.19. The SMILES string of the molecule is Cc1cccc2nc(CC(=O)O)nc(C)c12. The molecule has 0 unspecified atom stereocenters. The number of benzene rings is 1. The Hall–Kier alpha value is -1.97. The third kappa shape index (κ3) is 1.86. The highest BCUT2D eigenvalue weighted by molar-refractivity contribution is 5.84. The van der Waals surface area contributed by atoms with E-state index in [9.17, 15) is 4.79 Å². The molecule has 0 aliphatic rings. The lowest BCUT2D eigenvalue weighted by atomic mass is 10.1. The molecule has 1 aromatic carbocycles. The number of hydrogen-bond donors (Lipinski definition) is 1. The van der Waals surface area contributed by atoms with Crippen LogP contribution in [0.2, 0.25) is 0 Å². The standard InChI is InChI=1S/C12H12N2O2/c1-7-4-3-5-9-12(7)8(2)13-10(14-9)6-11(15)16/h3-5H,6H2,1-2H3,(H,15,16). The molecule has 82 valence electrons. The summed E-state index contributed by atoms with van der Waals surface area (Å²) in [5.74, 6) is -0.547. The van der Waals surface area contributed by atoms with E-state index in [1.165, 1.54) is 0 Å². The minimum absolute atomic E-state index is 0.134. The second-order valence-corrected chi connectivity index (χ2v) is 3.76. The molecule has 4 heteroatoms. The summed E-state index contributed by atoms with van der Waals surface area (Å²) in [5, 5.41) is 9.72. The van der Waals surface area contributed by atoms with Crippen molar-refractivity contribution in [2.45, 2.75) is 20.3 Å². The number of aryl methyl sites for hydroxylation is 2. The van der Waals surface area contributed by atoms with Crippen molar-refractivity contribution in [3.05, 3.63) is 35.3 Å². The molecule has 2 aromatic rings. The van der Waals surface area contributed by atoms with E-state index in [2.05, 4.69) is 9.97 Å². The van der Waals surface area contributed by atoms with Gasteiger partial charge in [0.2, 0.25) is 0 Å². The number of fused-ring (bicyclic) bond motifs is 1. The number of carboxylic acid groups (broad SMARTS) is 1. The minimum atomic E-state index is -0.911. The quantitative estimate of drug-likeness (QED) is 0.832. The summed E-state index contributed by atoms with van der Waals surface area (Å²) in [4.78, 5) is 19.1. The van der Waals surface area contributed by atoms with E-state index in [4.69, 9.17) is 5.11 Å². The van der Waals surface area contributed by atoms with Crippen LogP contribution < -0.4 is 0 Å². The molecule has 1 aromatic heterocycles. The number of nitrogens with zero attached hydrogens (tertiary/aromatic N) is 2. The van der Waals surface area contributed by atoms with Crippen LogP contribution >= 0.6 is 0 Å². The molecule has 0 fully saturated rings. The van der Waals surface area contributed by atoms with E-state index in [1.54, 1.807) is 0 Å². The van der Waals surface area contributed by atoms with Gasteiger partial charge in [-0.25, -0.2) is 9.97 Å². The van der Waals surface area contributed by atoms with Gasteiger partial charge in [-0.3, -0.25) is 4.79 Å². The first kappa shape index (κ1) is 10.5. The zero-order valence-electron chi connectivity index (χ0n) is 9.19. The molecule has 4 nitrogen and oxygen atoms in total. The van der Waals surface area contributed by atoms with Crippen LogP contribution in [0.25, 0.3) is 10.9 Å². The van der Waals surface area contributed by atoms with Gasteiger partial charge in [-0.2, -0.15) is 0 Å². The van der Waals surface area contributed by atoms with Crippen LogP contribution in [-0.2, 0) is 11.2 Å². The molecule has 16 heavy (non-hydrogen) atoms. The van der Waals surface area contributed by atoms with Crippen molar-refractivity contribution in [1.82, 2.24) is 9.97 Å². The van der Waals surface area contributed by atoms with Gasteiger partial charge in [0.25, 0.3) is 0 Å². The summed E-state index contributed by atoms with van der Waals surface area (Å²) in [6.07, 6.45) is -0.134. The van der Waals surface area contributed by atoms with Gasteiger partial charge < -0.3 is 5.11 Å². The van der Waals surface area contributed by atoms with Gasteiger partial charge in [-0.15, -0.1) is 0 Å². The van der Waals surface area contributed by atoms with Crippen LogP contribution in [0.3, 0.4) is 0 Å². The predicted octanol–water partition coefficient (Wildman–Crippen LogP) is 1.87. The monoisotopic (exact) mass is 216 g/mol. The number of rotatable bonds is 2. The van der Waals surface area contributed by atoms with E-state index in [0.717, 1.165) is 22.2 Å². The number of carboxylic acids is 1. The van der Waals surface area contributed by atoms with Gasteiger partial charge in [-0.1, -0.05) is 12.1 Å². The maximum atomic E-state index is 10.6. The van der Waals surface area contributed by atoms with E-state index in [-0.39, 0.29) is 6.42 Å². The zero-order valence-corrected chi connectivity index (χ0v) is 9.19. The minimum Gasteiger partial charge on any atom is -0.481 e. The van der Waals surface area contributed by atoms with Crippen LogP contribution in [0, 0.1) is 13.8 Å². The summed E-state index contributed by atoms with van der Waals surface area (Å²) < 4.78 is 0. The molecule has 0 amide bonds. The topological polar surface area (TPSA) is 63.1 Å².